The standard InChI is InChI=1S/C16H13BrN4O2S/c17-11-5-6-14(22)10(7-11)8-18-21-15(23)9-24-16-19-12-3-1-2-4-13(12)20-16/h1-8,22H,9H2,(H,19,20)(H,21,23)/b18-8+. The van der Waals surface area contributed by atoms with Gasteiger partial charge in [-0.1, -0.05) is 39.9 Å². The van der Waals surface area contributed by atoms with E-state index < -0.39 is 0 Å². The molecule has 0 saturated carbocycles. The number of carbonyl (C=O) groups excluding carboxylic acids is 1. The number of quaternary nitrogens is 1. The van der Waals surface area contributed by atoms with Crippen molar-refractivity contribution in [2.24, 2.45) is 10.1 Å². The highest BCUT2D eigenvalue weighted by Gasteiger charge is 2.19. The first-order chi connectivity index (χ1) is 11.6. The summed E-state index contributed by atoms with van der Waals surface area (Å²) in [6.45, 7) is 0. The van der Waals surface area contributed by atoms with E-state index >= 15 is 0 Å². The van der Waals surface area contributed by atoms with Crippen LogP contribution in [0.4, 0.5) is 11.4 Å². The minimum atomic E-state index is -0.259. The maximum Gasteiger partial charge on any atom is 0.266 e. The van der Waals surface area contributed by atoms with Gasteiger partial charge in [-0.15, -0.1) is 0 Å². The number of amidine groups is 1. The van der Waals surface area contributed by atoms with Crippen LogP contribution < -0.4 is 15.8 Å². The average Bonchev–Trinajstić information content (AvgIpc) is 2.99. The Bertz CT molecular complexity index is 839. The molecule has 1 aliphatic heterocycles. The van der Waals surface area contributed by atoms with Gasteiger partial charge in [0.1, 0.15) is 5.69 Å². The molecular formula is C16H13BrN4O2S. The van der Waals surface area contributed by atoms with E-state index in [1.165, 1.54) is 24.0 Å². The number of carbonyl (C=O) groups is 1. The van der Waals surface area contributed by atoms with Crippen LogP contribution in [0.2, 0.25) is 0 Å². The van der Waals surface area contributed by atoms with Crippen molar-refractivity contribution < 1.29 is 15.2 Å². The molecule has 0 atom stereocenters. The number of thioether (sulfide) groups is 1. The topological polar surface area (TPSA) is 93.5 Å². The van der Waals surface area contributed by atoms with Gasteiger partial charge in [0.25, 0.3) is 11.1 Å². The molecule has 3 rings (SSSR count). The number of amides is 1. The molecule has 0 aliphatic carbocycles. The fraction of sp³-hybridized carbons (Fsp3) is 0.0625. The predicted molar refractivity (Wildman–Crippen MR) is 96.9 cm³/mol. The number of halogens is 1. The molecule has 0 unspecified atom stereocenters. The van der Waals surface area contributed by atoms with Gasteiger partial charge in [-0.05, 0) is 35.5 Å². The zero-order valence-electron chi connectivity index (χ0n) is 12.4. The third kappa shape index (κ3) is 4.22. The summed E-state index contributed by atoms with van der Waals surface area (Å²) in [5.41, 5.74) is 4.78. The van der Waals surface area contributed by atoms with Crippen LogP contribution in [-0.2, 0) is 4.79 Å². The van der Waals surface area contributed by atoms with E-state index in [1.807, 2.05) is 29.6 Å². The first-order valence-corrected chi connectivity index (χ1v) is 8.83. The monoisotopic (exact) mass is 404 g/mol. The van der Waals surface area contributed by atoms with Crippen LogP contribution >= 0.6 is 27.7 Å². The second-order valence-electron chi connectivity index (χ2n) is 4.92. The molecule has 0 radical (unpaired) electrons. The largest absolute Gasteiger partial charge is 0.872 e. The minimum absolute atomic E-state index is 0.154. The molecule has 0 spiro atoms. The van der Waals surface area contributed by atoms with Crippen molar-refractivity contribution in [2.75, 3.05) is 5.75 Å². The first-order valence-electron chi connectivity index (χ1n) is 7.05. The van der Waals surface area contributed by atoms with Gasteiger partial charge in [-0.2, -0.15) is 10.1 Å². The molecule has 122 valence electrons. The summed E-state index contributed by atoms with van der Waals surface area (Å²) in [6, 6.07) is 12.5. The Morgan fingerprint density at radius 2 is 2.21 bits per heavy atom. The molecule has 1 heterocycles. The van der Waals surface area contributed by atoms with Gasteiger partial charge in [0.2, 0.25) is 0 Å². The Hall–Kier alpha value is -2.16. The number of fused-ring (bicyclic) bond motifs is 1. The zero-order chi connectivity index (χ0) is 16.9. The smallest absolute Gasteiger partial charge is 0.266 e. The molecule has 1 aliphatic rings. The summed E-state index contributed by atoms with van der Waals surface area (Å²) >= 11 is 4.62. The van der Waals surface area contributed by atoms with E-state index in [2.05, 4.69) is 31.4 Å². The number of rotatable bonds is 4. The highest BCUT2D eigenvalue weighted by Crippen LogP contribution is 2.25. The number of nitrogens with one attached hydrogen (secondary N) is 1. The summed E-state index contributed by atoms with van der Waals surface area (Å²) < 4.78 is 0.778. The summed E-state index contributed by atoms with van der Waals surface area (Å²) in [7, 11) is 0. The number of aliphatic imine (C=N–C) groups is 1. The molecule has 0 bridgehead atoms. The van der Waals surface area contributed by atoms with E-state index in [4.69, 9.17) is 0 Å². The highest BCUT2D eigenvalue weighted by atomic mass is 79.9. The van der Waals surface area contributed by atoms with Crippen molar-refractivity contribution >= 4 is 56.4 Å². The molecular weight excluding hydrogens is 392 g/mol. The van der Waals surface area contributed by atoms with Gasteiger partial charge >= 0.3 is 0 Å². The molecule has 2 aromatic rings. The van der Waals surface area contributed by atoms with Crippen molar-refractivity contribution in [3.8, 4) is 5.75 Å². The summed E-state index contributed by atoms with van der Waals surface area (Å²) in [5.74, 6) is -0.215. The second-order valence-corrected chi connectivity index (χ2v) is 6.83. The lowest BCUT2D eigenvalue weighted by Crippen LogP contribution is -2.79. The van der Waals surface area contributed by atoms with Crippen LogP contribution in [0.25, 0.3) is 0 Å². The predicted octanol–water partition coefficient (Wildman–Crippen LogP) is 1.60. The lowest BCUT2D eigenvalue weighted by Gasteiger charge is -2.09. The lowest BCUT2D eigenvalue weighted by molar-refractivity contribution is -0.432. The number of benzene rings is 2. The second kappa shape index (κ2) is 7.61. The maximum absolute atomic E-state index is 11.8. The third-order valence-electron chi connectivity index (χ3n) is 3.16. The van der Waals surface area contributed by atoms with Crippen molar-refractivity contribution in [3.05, 3.63) is 52.5 Å². The Morgan fingerprint density at radius 1 is 1.38 bits per heavy atom. The Labute approximate surface area is 151 Å². The molecule has 8 heteroatoms. The van der Waals surface area contributed by atoms with Crippen molar-refractivity contribution in [1.82, 2.24) is 5.43 Å². The molecule has 24 heavy (non-hydrogen) atoms. The normalized spacial score (nSPS) is 13.0. The molecule has 2 aromatic carbocycles. The molecule has 6 nitrogen and oxygen atoms in total. The van der Waals surface area contributed by atoms with Gasteiger partial charge in [0, 0.05) is 10.5 Å². The fourth-order valence-corrected chi connectivity index (χ4v) is 3.13. The van der Waals surface area contributed by atoms with Crippen molar-refractivity contribution in [3.63, 3.8) is 0 Å². The molecule has 0 fully saturated rings. The Balaban J connectivity index is 1.49. The van der Waals surface area contributed by atoms with Crippen LogP contribution in [-0.4, -0.2) is 23.0 Å². The van der Waals surface area contributed by atoms with Gasteiger partial charge < -0.3 is 5.11 Å². The summed E-state index contributed by atoms with van der Waals surface area (Å²) in [6.07, 6.45) is 1.34. The summed E-state index contributed by atoms with van der Waals surface area (Å²) in [5, 5.41) is 18.2. The molecule has 3 N–H and O–H groups in total. The number of para-hydroxylation sites is 2. The van der Waals surface area contributed by atoms with E-state index in [-0.39, 0.29) is 17.4 Å². The van der Waals surface area contributed by atoms with Crippen LogP contribution in [0.5, 0.6) is 5.75 Å². The molecule has 0 aromatic heterocycles. The van der Waals surface area contributed by atoms with Gasteiger partial charge in [0.05, 0.1) is 12.0 Å². The Morgan fingerprint density at radius 3 is 3.04 bits per heavy atom. The molecule has 1 amide bonds. The van der Waals surface area contributed by atoms with E-state index in [1.54, 1.807) is 12.1 Å². The maximum atomic E-state index is 11.8. The average molecular weight is 405 g/mol. The van der Waals surface area contributed by atoms with E-state index in [0.29, 0.717) is 5.56 Å². The Kier molecular flexibility index (Phi) is 5.29. The number of hydrogen-bond acceptors (Lipinski definition) is 5. The number of hydrazone groups is 1. The van der Waals surface area contributed by atoms with Gasteiger partial charge in [-0.25, -0.2) is 5.43 Å². The van der Waals surface area contributed by atoms with Crippen LogP contribution in [0, 0.1) is 0 Å². The van der Waals surface area contributed by atoms with Gasteiger partial charge in [-0.3, -0.25) is 10.1 Å². The number of nitrogens with two attached hydrogens (primary N) is 1. The van der Waals surface area contributed by atoms with Crippen LogP contribution in [0.1, 0.15) is 5.56 Å². The van der Waals surface area contributed by atoms with Crippen molar-refractivity contribution in [2.45, 2.75) is 0 Å². The SMILES string of the molecule is O=C(CSC1=Nc2ccccc2[NH2+]1)N/N=C/c1cc(Br)ccc1[O-]. The van der Waals surface area contributed by atoms with Crippen LogP contribution in [0.3, 0.4) is 0 Å². The summed E-state index contributed by atoms with van der Waals surface area (Å²) in [4.78, 5) is 16.2. The quantitative estimate of drug-likeness (QED) is 0.460. The van der Waals surface area contributed by atoms with E-state index in [9.17, 15) is 9.90 Å². The van der Waals surface area contributed by atoms with E-state index in [0.717, 1.165) is 21.0 Å². The fourth-order valence-electron chi connectivity index (χ4n) is 2.04. The first kappa shape index (κ1) is 16.7. The third-order valence-corrected chi connectivity index (χ3v) is 4.57. The van der Waals surface area contributed by atoms with Gasteiger partial charge in [0.15, 0.2) is 5.69 Å². The van der Waals surface area contributed by atoms with Crippen LogP contribution in [0.15, 0.2) is 57.0 Å². The number of hydrogen-bond donors (Lipinski definition) is 2. The molecule has 0 saturated heterocycles. The lowest BCUT2D eigenvalue weighted by atomic mass is 10.2. The van der Waals surface area contributed by atoms with Crippen molar-refractivity contribution in [1.29, 1.82) is 0 Å². The minimum Gasteiger partial charge on any atom is -0.872 e. The zero-order valence-corrected chi connectivity index (χ0v) is 14.8. The highest BCUT2D eigenvalue weighted by molar-refractivity contribution is 9.10. The number of nitrogens with zero attached hydrogens (tertiary/aromatic N) is 2.